The molecule has 1 aliphatic carbocycles. The van der Waals surface area contributed by atoms with Crippen LogP contribution in [0.3, 0.4) is 0 Å². The van der Waals surface area contributed by atoms with E-state index in [0.717, 1.165) is 50.1 Å². The van der Waals surface area contributed by atoms with E-state index in [1.165, 1.54) is 11.3 Å². The molecular formula is C23H32N4O3. The molecule has 7 nitrogen and oxygen atoms in total. The van der Waals surface area contributed by atoms with Crippen LogP contribution in [-0.2, 0) is 30.7 Å². The summed E-state index contributed by atoms with van der Waals surface area (Å²) in [5.74, 6) is 0.928. The molecule has 1 aromatic heterocycles. The number of morpholine rings is 1. The lowest BCUT2D eigenvalue weighted by Crippen LogP contribution is -2.41. The van der Waals surface area contributed by atoms with Gasteiger partial charge in [-0.2, -0.15) is 5.10 Å². The Labute approximate surface area is 178 Å². The van der Waals surface area contributed by atoms with Crippen LogP contribution in [0.2, 0.25) is 0 Å². The van der Waals surface area contributed by atoms with Gasteiger partial charge in [0.2, 0.25) is 0 Å². The van der Waals surface area contributed by atoms with Crippen LogP contribution in [0, 0.1) is 0 Å². The number of carbonyl (C=O) groups is 1. The summed E-state index contributed by atoms with van der Waals surface area (Å²) in [6.07, 6.45) is 3.86. The number of carbonyl (C=O) groups excluding carboxylic acids is 1. The number of nitrogens with one attached hydrogen (secondary N) is 1. The van der Waals surface area contributed by atoms with Gasteiger partial charge in [-0.25, -0.2) is 0 Å². The molecule has 30 heavy (non-hydrogen) atoms. The zero-order valence-corrected chi connectivity index (χ0v) is 18.0. The molecular weight excluding hydrogens is 380 g/mol. The summed E-state index contributed by atoms with van der Waals surface area (Å²) >= 11 is 0. The Kier molecular flexibility index (Phi) is 6.69. The van der Waals surface area contributed by atoms with E-state index in [2.05, 4.69) is 29.1 Å². The number of methoxy groups -OCH3 is 1. The van der Waals surface area contributed by atoms with Gasteiger partial charge in [0, 0.05) is 43.5 Å². The number of hydrogen-bond donors (Lipinski definition) is 1. The van der Waals surface area contributed by atoms with Crippen molar-refractivity contribution in [3.63, 3.8) is 0 Å². The molecule has 2 aliphatic rings. The van der Waals surface area contributed by atoms with Crippen molar-refractivity contribution >= 4 is 5.91 Å². The Morgan fingerprint density at radius 3 is 2.93 bits per heavy atom. The van der Waals surface area contributed by atoms with E-state index >= 15 is 0 Å². The summed E-state index contributed by atoms with van der Waals surface area (Å²) < 4.78 is 12.8. The van der Waals surface area contributed by atoms with Gasteiger partial charge in [0.25, 0.3) is 5.91 Å². The molecule has 1 aliphatic heterocycles. The highest BCUT2D eigenvalue weighted by Crippen LogP contribution is 2.27. The maximum absolute atomic E-state index is 13.2. The fraction of sp³-hybridized carbons (Fsp3) is 0.565. The highest BCUT2D eigenvalue weighted by atomic mass is 16.5. The lowest BCUT2D eigenvalue weighted by atomic mass is 9.90. The Morgan fingerprint density at radius 2 is 2.17 bits per heavy atom. The predicted molar refractivity (Wildman–Crippen MR) is 115 cm³/mol. The third-order valence-electron chi connectivity index (χ3n) is 6.01. The Bertz CT molecular complexity index is 873. The molecule has 1 saturated heterocycles. The van der Waals surface area contributed by atoms with E-state index in [-0.39, 0.29) is 5.91 Å². The number of nitrogens with zero attached hydrogens (tertiary/aromatic N) is 3. The van der Waals surface area contributed by atoms with Gasteiger partial charge in [0.15, 0.2) is 5.69 Å². The first-order valence-electron chi connectivity index (χ1n) is 11.0. The monoisotopic (exact) mass is 412 g/mol. The molecule has 1 amide bonds. The molecule has 0 radical (unpaired) electrons. The van der Waals surface area contributed by atoms with Crippen molar-refractivity contribution < 1.29 is 14.3 Å². The van der Waals surface area contributed by atoms with E-state index in [1.54, 1.807) is 7.11 Å². The molecule has 1 aromatic carbocycles. The van der Waals surface area contributed by atoms with Crippen LogP contribution in [0.1, 0.15) is 47.1 Å². The van der Waals surface area contributed by atoms with E-state index in [1.807, 2.05) is 17.0 Å². The normalized spacial score (nSPS) is 18.9. The topological polar surface area (TPSA) is 68.6 Å². The minimum atomic E-state index is 0.0536. The highest BCUT2D eigenvalue weighted by molar-refractivity contribution is 5.94. The van der Waals surface area contributed by atoms with Crippen LogP contribution < -0.4 is 10.1 Å². The molecule has 1 atom stereocenters. The van der Waals surface area contributed by atoms with Gasteiger partial charge in [-0.3, -0.25) is 9.48 Å². The molecule has 162 valence electrons. The summed E-state index contributed by atoms with van der Waals surface area (Å²) in [5, 5.41) is 8.45. The van der Waals surface area contributed by atoms with Crippen LogP contribution >= 0.6 is 0 Å². The van der Waals surface area contributed by atoms with Gasteiger partial charge >= 0.3 is 0 Å². The van der Waals surface area contributed by atoms with Gasteiger partial charge in [0.05, 0.1) is 20.3 Å². The third-order valence-corrected chi connectivity index (χ3v) is 6.01. The predicted octanol–water partition coefficient (Wildman–Crippen LogP) is 2.42. The summed E-state index contributed by atoms with van der Waals surface area (Å²) in [6, 6.07) is 8.48. The number of benzene rings is 1. The van der Waals surface area contributed by atoms with Crippen molar-refractivity contribution in [3.05, 3.63) is 46.8 Å². The summed E-state index contributed by atoms with van der Waals surface area (Å²) in [6.45, 7) is 6.30. The Morgan fingerprint density at radius 1 is 1.33 bits per heavy atom. The highest BCUT2D eigenvalue weighted by Gasteiger charge is 2.31. The van der Waals surface area contributed by atoms with Gasteiger partial charge in [-0.05, 0) is 43.4 Å². The summed E-state index contributed by atoms with van der Waals surface area (Å²) in [7, 11) is 1.69. The zero-order valence-electron chi connectivity index (χ0n) is 18.0. The second-order valence-corrected chi connectivity index (χ2v) is 8.07. The molecule has 4 rings (SSSR count). The van der Waals surface area contributed by atoms with Crippen LogP contribution in [0.15, 0.2) is 24.3 Å². The molecule has 1 unspecified atom stereocenters. The molecule has 0 saturated carbocycles. The van der Waals surface area contributed by atoms with Crippen molar-refractivity contribution in [1.82, 2.24) is 20.0 Å². The minimum absolute atomic E-state index is 0.0536. The lowest BCUT2D eigenvalue weighted by molar-refractivity contribution is 0.0297. The molecule has 7 heteroatoms. The van der Waals surface area contributed by atoms with Crippen LogP contribution in [-0.4, -0.2) is 60.0 Å². The number of aryl methyl sites for hydroxylation is 1. The van der Waals surface area contributed by atoms with Crippen LogP contribution in [0.25, 0.3) is 0 Å². The first kappa shape index (κ1) is 20.9. The SMILES string of the molecule is CCCn1nc(C(=O)N2CCOCC2)c2c1CCC(NCc1cccc(OC)c1)C2. The Balaban J connectivity index is 1.49. The molecule has 0 spiro atoms. The van der Waals surface area contributed by atoms with Gasteiger partial charge in [-0.1, -0.05) is 19.1 Å². The minimum Gasteiger partial charge on any atom is -0.497 e. The van der Waals surface area contributed by atoms with Gasteiger partial charge < -0.3 is 19.7 Å². The quantitative estimate of drug-likeness (QED) is 0.757. The van der Waals surface area contributed by atoms with Crippen molar-refractivity contribution in [3.8, 4) is 5.75 Å². The first-order chi connectivity index (χ1) is 14.7. The van der Waals surface area contributed by atoms with E-state index in [9.17, 15) is 4.79 Å². The number of ether oxygens (including phenoxy) is 2. The summed E-state index contributed by atoms with van der Waals surface area (Å²) in [4.78, 5) is 15.1. The average molecular weight is 413 g/mol. The number of aromatic nitrogens is 2. The molecule has 0 bridgehead atoms. The lowest BCUT2D eigenvalue weighted by Gasteiger charge is -2.28. The smallest absolute Gasteiger partial charge is 0.274 e. The Hall–Kier alpha value is -2.38. The van der Waals surface area contributed by atoms with Crippen molar-refractivity contribution in [2.75, 3.05) is 33.4 Å². The number of amides is 1. The first-order valence-corrected chi connectivity index (χ1v) is 11.0. The van der Waals surface area contributed by atoms with E-state index < -0.39 is 0 Å². The zero-order chi connectivity index (χ0) is 20.9. The largest absolute Gasteiger partial charge is 0.497 e. The molecule has 1 fully saturated rings. The van der Waals surface area contributed by atoms with Crippen molar-refractivity contribution in [1.29, 1.82) is 0 Å². The van der Waals surface area contributed by atoms with Crippen molar-refractivity contribution in [2.45, 2.75) is 51.7 Å². The fourth-order valence-corrected chi connectivity index (χ4v) is 4.39. The number of fused-ring (bicyclic) bond motifs is 1. The maximum atomic E-state index is 13.2. The third kappa shape index (κ3) is 4.52. The molecule has 2 heterocycles. The maximum Gasteiger partial charge on any atom is 0.274 e. The summed E-state index contributed by atoms with van der Waals surface area (Å²) in [5.41, 5.74) is 4.22. The van der Waals surface area contributed by atoms with Gasteiger partial charge in [0.1, 0.15) is 5.75 Å². The molecule has 1 N–H and O–H groups in total. The van der Waals surface area contributed by atoms with E-state index in [0.29, 0.717) is 38.0 Å². The average Bonchev–Trinajstić information content (AvgIpc) is 3.16. The van der Waals surface area contributed by atoms with Gasteiger partial charge in [-0.15, -0.1) is 0 Å². The number of rotatable bonds is 7. The molecule has 2 aromatic rings. The standard InChI is InChI=1S/C23H32N4O3/c1-3-9-27-21-8-7-18(24-16-17-5-4-6-19(14-17)29-2)15-20(21)22(25-27)23(28)26-10-12-30-13-11-26/h4-6,14,18,24H,3,7-13,15-16H2,1-2H3. The van der Waals surface area contributed by atoms with E-state index in [4.69, 9.17) is 14.6 Å². The second-order valence-electron chi connectivity index (χ2n) is 8.07. The number of hydrogen-bond acceptors (Lipinski definition) is 5. The second kappa shape index (κ2) is 9.62. The van der Waals surface area contributed by atoms with Crippen LogP contribution in [0.5, 0.6) is 5.75 Å². The van der Waals surface area contributed by atoms with Crippen LogP contribution in [0.4, 0.5) is 0 Å². The van der Waals surface area contributed by atoms with Crippen molar-refractivity contribution in [2.24, 2.45) is 0 Å². The fourth-order valence-electron chi connectivity index (χ4n) is 4.39.